The van der Waals surface area contributed by atoms with E-state index in [1.165, 1.54) is 0 Å². The zero-order valence-electron chi connectivity index (χ0n) is 35.3. The fourth-order valence-electron chi connectivity index (χ4n) is 5.35. The van der Waals surface area contributed by atoms with Gasteiger partial charge in [0, 0.05) is 11.1 Å². The van der Waals surface area contributed by atoms with Gasteiger partial charge in [0.25, 0.3) is 0 Å². The van der Waals surface area contributed by atoms with E-state index in [-0.39, 0.29) is 17.3 Å². The van der Waals surface area contributed by atoms with Crippen LogP contribution in [0.25, 0.3) is 36.5 Å². The molecule has 0 radical (unpaired) electrons. The molecule has 0 N–H and O–H groups in total. The standard InChI is InChI=1S/3C17H14O.C8H6O2/c3*18-17(13-11-15-7-3-1-4-8-15)14-12-16-9-5-2-6-10-16;9-5-7-3-1-2-4-8(7)6-10/h3*1-14H;1-6H. The molecular formula is C59H48O5. The van der Waals surface area contributed by atoms with Crippen molar-refractivity contribution in [1.29, 1.82) is 0 Å². The van der Waals surface area contributed by atoms with Crippen molar-refractivity contribution < 1.29 is 24.0 Å². The molecule has 0 unspecified atom stereocenters. The van der Waals surface area contributed by atoms with Crippen LogP contribution in [-0.4, -0.2) is 29.9 Å². The Labute approximate surface area is 376 Å². The normalized spacial score (nSPS) is 10.8. The quantitative estimate of drug-likeness (QED) is 0.0804. The van der Waals surface area contributed by atoms with Crippen LogP contribution in [0.4, 0.5) is 0 Å². The zero-order valence-corrected chi connectivity index (χ0v) is 35.3. The van der Waals surface area contributed by atoms with Crippen LogP contribution >= 0.6 is 0 Å². The molecule has 0 atom stereocenters. The molecule has 7 rings (SSSR count). The van der Waals surface area contributed by atoms with Gasteiger partial charge in [0.1, 0.15) is 0 Å². The van der Waals surface area contributed by atoms with Crippen LogP contribution in [0.5, 0.6) is 0 Å². The van der Waals surface area contributed by atoms with Crippen LogP contribution in [0.3, 0.4) is 0 Å². The summed E-state index contributed by atoms with van der Waals surface area (Å²) in [7, 11) is 0. The molecule has 0 aliphatic carbocycles. The summed E-state index contributed by atoms with van der Waals surface area (Å²) in [6.07, 6.45) is 21.7. The second-order valence-electron chi connectivity index (χ2n) is 13.5. The Morgan fingerprint density at radius 2 is 0.391 bits per heavy atom. The lowest BCUT2D eigenvalue weighted by atomic mass is 10.1. The van der Waals surface area contributed by atoms with Crippen molar-refractivity contribution in [3.05, 3.63) is 287 Å². The number of carbonyl (C=O) groups excluding carboxylic acids is 5. The highest BCUT2D eigenvalue weighted by molar-refractivity contribution is 6.05. The van der Waals surface area contributed by atoms with E-state index in [1.54, 1.807) is 60.7 Å². The fraction of sp³-hybridized carbons (Fsp3) is 0. The van der Waals surface area contributed by atoms with Crippen LogP contribution in [-0.2, 0) is 14.4 Å². The van der Waals surface area contributed by atoms with Gasteiger partial charge in [-0.05, 0) is 69.8 Å². The minimum absolute atomic E-state index is 0.0114. The van der Waals surface area contributed by atoms with Gasteiger partial charge < -0.3 is 0 Å². The lowest BCUT2D eigenvalue weighted by molar-refractivity contribution is -0.111. The lowest BCUT2D eigenvalue weighted by Crippen LogP contribution is -1.87. The number of ketones is 3. The summed E-state index contributed by atoms with van der Waals surface area (Å²) in [5, 5.41) is 0. The Morgan fingerprint density at radius 1 is 0.234 bits per heavy atom. The molecule has 5 nitrogen and oxygen atoms in total. The van der Waals surface area contributed by atoms with Gasteiger partial charge in [0.15, 0.2) is 29.9 Å². The highest BCUT2D eigenvalue weighted by Gasteiger charge is 1.96. The predicted molar refractivity (Wildman–Crippen MR) is 265 cm³/mol. The van der Waals surface area contributed by atoms with E-state index in [0.717, 1.165) is 33.4 Å². The van der Waals surface area contributed by atoms with E-state index >= 15 is 0 Å². The van der Waals surface area contributed by atoms with E-state index in [9.17, 15) is 24.0 Å². The summed E-state index contributed by atoms with van der Waals surface area (Å²) in [5.74, 6) is -0.0341. The van der Waals surface area contributed by atoms with Crippen molar-refractivity contribution in [1.82, 2.24) is 0 Å². The second-order valence-corrected chi connectivity index (χ2v) is 13.5. The minimum atomic E-state index is -0.0114. The molecule has 0 spiro atoms. The molecule has 314 valence electrons. The molecule has 0 bridgehead atoms. The number of allylic oxidation sites excluding steroid dienone is 6. The molecule has 7 aromatic carbocycles. The van der Waals surface area contributed by atoms with Gasteiger partial charge in [-0.2, -0.15) is 0 Å². The molecule has 0 aromatic heterocycles. The average molecular weight is 837 g/mol. The molecule has 0 aliphatic heterocycles. The van der Waals surface area contributed by atoms with Gasteiger partial charge in [-0.15, -0.1) is 0 Å². The maximum atomic E-state index is 11.6. The van der Waals surface area contributed by atoms with E-state index in [1.807, 2.05) is 218 Å². The van der Waals surface area contributed by atoms with E-state index in [0.29, 0.717) is 23.7 Å². The van der Waals surface area contributed by atoms with Crippen molar-refractivity contribution in [3.63, 3.8) is 0 Å². The molecular weight excluding hydrogens is 789 g/mol. The number of carbonyl (C=O) groups is 5. The van der Waals surface area contributed by atoms with Gasteiger partial charge in [0.05, 0.1) is 0 Å². The van der Waals surface area contributed by atoms with Crippen molar-refractivity contribution in [3.8, 4) is 0 Å². The highest BCUT2D eigenvalue weighted by Crippen LogP contribution is 2.07. The number of rotatable bonds is 14. The van der Waals surface area contributed by atoms with Crippen LogP contribution in [0.1, 0.15) is 54.1 Å². The molecule has 0 saturated carbocycles. The first kappa shape index (κ1) is 48.0. The van der Waals surface area contributed by atoms with Crippen molar-refractivity contribution in [2.45, 2.75) is 0 Å². The highest BCUT2D eigenvalue weighted by atomic mass is 16.1. The molecule has 0 saturated heterocycles. The third kappa shape index (κ3) is 20.5. The van der Waals surface area contributed by atoms with E-state index in [2.05, 4.69) is 0 Å². The molecule has 0 aliphatic rings. The molecule has 0 heterocycles. The Hall–Kier alpha value is -8.67. The Bertz CT molecular complexity index is 2210. The smallest absolute Gasteiger partial charge is 0.178 e. The summed E-state index contributed by atoms with van der Waals surface area (Å²) >= 11 is 0. The Morgan fingerprint density at radius 3 is 0.547 bits per heavy atom. The Balaban J connectivity index is 0.000000191. The van der Waals surface area contributed by atoms with Crippen molar-refractivity contribution in [2.75, 3.05) is 0 Å². The van der Waals surface area contributed by atoms with Gasteiger partial charge in [-0.3, -0.25) is 24.0 Å². The van der Waals surface area contributed by atoms with Gasteiger partial charge in [-0.1, -0.05) is 243 Å². The largest absolute Gasteiger partial charge is 0.298 e. The maximum absolute atomic E-state index is 11.6. The second kappa shape index (κ2) is 29.5. The first-order valence-corrected chi connectivity index (χ1v) is 20.4. The van der Waals surface area contributed by atoms with Crippen molar-refractivity contribution >= 4 is 66.4 Å². The van der Waals surface area contributed by atoms with Gasteiger partial charge in [-0.25, -0.2) is 0 Å². The predicted octanol–water partition coefficient (Wildman–Crippen LogP) is 13.3. The molecule has 7 aromatic rings. The van der Waals surface area contributed by atoms with Crippen LogP contribution in [0.15, 0.2) is 243 Å². The van der Waals surface area contributed by atoms with Gasteiger partial charge in [0.2, 0.25) is 0 Å². The summed E-state index contributed by atoms with van der Waals surface area (Å²) in [6, 6.07) is 65.3. The van der Waals surface area contributed by atoms with Crippen molar-refractivity contribution in [2.24, 2.45) is 0 Å². The minimum Gasteiger partial charge on any atom is -0.298 e. The SMILES string of the molecule is O=C(C=Cc1ccccc1)C=Cc1ccccc1.O=C(C=Cc1ccccc1)C=Cc1ccccc1.O=C(C=Cc1ccccc1)C=Cc1ccccc1.O=Cc1ccccc1C=O. The third-order valence-corrected chi connectivity index (χ3v) is 8.69. The summed E-state index contributed by atoms with van der Waals surface area (Å²) < 4.78 is 0. The molecule has 0 fully saturated rings. The molecule has 0 amide bonds. The first-order valence-electron chi connectivity index (χ1n) is 20.4. The van der Waals surface area contributed by atoms with Crippen LogP contribution in [0, 0.1) is 0 Å². The zero-order chi connectivity index (χ0) is 45.3. The summed E-state index contributed by atoms with van der Waals surface area (Å²) in [5.41, 5.74) is 7.05. The number of hydrogen-bond donors (Lipinski definition) is 0. The van der Waals surface area contributed by atoms with E-state index < -0.39 is 0 Å². The maximum Gasteiger partial charge on any atom is 0.178 e. The van der Waals surface area contributed by atoms with Crippen LogP contribution in [0.2, 0.25) is 0 Å². The lowest BCUT2D eigenvalue weighted by Gasteiger charge is -1.91. The van der Waals surface area contributed by atoms with E-state index in [4.69, 9.17) is 0 Å². The van der Waals surface area contributed by atoms with Crippen LogP contribution < -0.4 is 0 Å². The molecule has 64 heavy (non-hydrogen) atoms. The average Bonchev–Trinajstić information content (AvgIpc) is 3.37. The molecule has 5 heteroatoms. The number of benzene rings is 7. The first-order chi connectivity index (χ1) is 31.4. The number of hydrogen-bond acceptors (Lipinski definition) is 5. The fourth-order valence-corrected chi connectivity index (χ4v) is 5.35. The summed E-state index contributed by atoms with van der Waals surface area (Å²) in [4.78, 5) is 55.3. The Kier molecular flexibility index (Phi) is 22.2. The third-order valence-electron chi connectivity index (χ3n) is 8.69. The monoisotopic (exact) mass is 836 g/mol. The van der Waals surface area contributed by atoms with Gasteiger partial charge >= 0.3 is 0 Å². The number of aldehydes is 2. The topological polar surface area (TPSA) is 85.3 Å². The summed E-state index contributed by atoms with van der Waals surface area (Å²) in [6.45, 7) is 0.